The topological polar surface area (TPSA) is 145 Å². The maximum atomic E-state index is 12.6. The molecule has 1 aliphatic heterocycles. The maximum Gasteiger partial charge on any atom is 0.468 e. The molecule has 0 aliphatic carbocycles. The molecule has 0 radical (unpaired) electrons. The van der Waals surface area contributed by atoms with E-state index in [4.69, 9.17) is 0 Å². The Kier molecular flexibility index (Phi) is 6.10. The zero-order chi connectivity index (χ0) is 22.0. The van der Waals surface area contributed by atoms with Crippen LogP contribution in [0.3, 0.4) is 0 Å². The van der Waals surface area contributed by atoms with Gasteiger partial charge in [-0.05, 0) is 25.7 Å². The van der Waals surface area contributed by atoms with Crippen molar-refractivity contribution in [2.75, 3.05) is 26.2 Å². The van der Waals surface area contributed by atoms with Gasteiger partial charge in [0.25, 0.3) is 0 Å². The Balaban J connectivity index is 1.61. The number of hydrogen-bond donors (Lipinski definition) is 0. The Hall–Kier alpha value is -3.35. The van der Waals surface area contributed by atoms with Gasteiger partial charge in [-0.25, -0.2) is 0 Å². The highest BCUT2D eigenvalue weighted by molar-refractivity contribution is 5.76. The third-order valence-corrected chi connectivity index (χ3v) is 5.29. The van der Waals surface area contributed by atoms with E-state index in [0.717, 1.165) is 29.0 Å². The van der Waals surface area contributed by atoms with Crippen LogP contribution in [-0.2, 0) is 24.4 Å². The maximum absolute atomic E-state index is 12.6. The van der Waals surface area contributed by atoms with Gasteiger partial charge in [0.15, 0.2) is 0 Å². The number of rotatable bonds is 7. The second kappa shape index (κ2) is 8.57. The largest absolute Gasteiger partial charge is 0.468 e. The van der Waals surface area contributed by atoms with Crippen LogP contribution in [0.25, 0.3) is 0 Å². The van der Waals surface area contributed by atoms with Gasteiger partial charge >= 0.3 is 11.5 Å². The van der Waals surface area contributed by atoms with Crippen LogP contribution in [0.5, 0.6) is 0 Å². The molecule has 3 rings (SSSR count). The first-order valence-corrected chi connectivity index (χ1v) is 9.60. The molecule has 1 saturated heterocycles. The molecule has 1 aliphatic rings. The van der Waals surface area contributed by atoms with Crippen molar-refractivity contribution < 1.29 is 14.6 Å². The van der Waals surface area contributed by atoms with Crippen molar-refractivity contribution in [1.29, 1.82) is 0 Å². The lowest BCUT2D eigenvalue weighted by molar-refractivity contribution is -0.424. The minimum Gasteiger partial charge on any atom is -0.358 e. The minimum absolute atomic E-state index is 0.0119. The number of aryl methyl sites for hydroxylation is 2. The van der Waals surface area contributed by atoms with E-state index in [1.807, 2.05) is 24.7 Å². The highest BCUT2D eigenvalue weighted by atomic mass is 16.6. The Morgan fingerprint density at radius 1 is 1.10 bits per heavy atom. The fourth-order valence-corrected chi connectivity index (χ4v) is 3.51. The average Bonchev–Trinajstić information content (AvgIpc) is 3.22. The minimum atomic E-state index is -0.909. The van der Waals surface area contributed by atoms with Crippen molar-refractivity contribution in [2.24, 2.45) is 0 Å². The van der Waals surface area contributed by atoms with E-state index in [1.54, 1.807) is 4.90 Å². The van der Waals surface area contributed by atoms with Crippen LogP contribution < -0.4 is 0 Å². The molecule has 1 amide bonds. The number of piperazine rings is 1. The molecule has 162 valence electrons. The van der Waals surface area contributed by atoms with Crippen LogP contribution in [0.4, 0.5) is 11.5 Å². The molecular formula is C17H24N8O5. The van der Waals surface area contributed by atoms with Gasteiger partial charge in [0.05, 0.1) is 15.7 Å². The fourth-order valence-electron chi connectivity index (χ4n) is 3.51. The van der Waals surface area contributed by atoms with Crippen LogP contribution in [0.2, 0.25) is 0 Å². The van der Waals surface area contributed by atoms with Gasteiger partial charge in [0.1, 0.15) is 12.2 Å². The zero-order valence-electron chi connectivity index (χ0n) is 17.1. The van der Waals surface area contributed by atoms with E-state index in [9.17, 15) is 25.0 Å². The summed E-state index contributed by atoms with van der Waals surface area (Å²) in [4.78, 5) is 36.9. The van der Waals surface area contributed by atoms with E-state index >= 15 is 0 Å². The molecule has 0 atom stereocenters. The summed E-state index contributed by atoms with van der Waals surface area (Å²) in [6.45, 7) is 9.02. The Morgan fingerprint density at radius 2 is 1.77 bits per heavy atom. The van der Waals surface area contributed by atoms with Crippen LogP contribution in [-0.4, -0.2) is 71.3 Å². The number of aromatic nitrogens is 4. The summed E-state index contributed by atoms with van der Waals surface area (Å²) in [6, 6.07) is 0. The fraction of sp³-hybridized carbons (Fsp3) is 0.588. The lowest BCUT2D eigenvalue weighted by Crippen LogP contribution is -2.49. The highest BCUT2D eigenvalue weighted by Crippen LogP contribution is 2.29. The Morgan fingerprint density at radius 3 is 2.27 bits per heavy atom. The monoisotopic (exact) mass is 420 g/mol. The van der Waals surface area contributed by atoms with Gasteiger partial charge in [0, 0.05) is 51.0 Å². The van der Waals surface area contributed by atoms with Crippen LogP contribution >= 0.6 is 0 Å². The summed E-state index contributed by atoms with van der Waals surface area (Å²) in [6.07, 6.45) is 2.03. The molecule has 1 fully saturated rings. The molecule has 0 N–H and O–H groups in total. The standard InChI is InChI=1S/C17H24N8O5/c1-4-22-10-14(12(2)18-22)9-20-5-7-21(8-6-20)15(26)11-23-13(3)16(24(27)28)17(19-23)25(29)30/h10H,4-9,11H2,1-3H3. The Bertz CT molecular complexity index is 973. The summed E-state index contributed by atoms with van der Waals surface area (Å²) < 4.78 is 2.93. The predicted molar refractivity (Wildman–Crippen MR) is 105 cm³/mol. The molecular weight excluding hydrogens is 396 g/mol. The van der Waals surface area contributed by atoms with Crippen molar-refractivity contribution in [3.8, 4) is 0 Å². The SMILES string of the molecule is CCn1cc(CN2CCN(C(=O)Cn3nc([N+](=O)[O-])c([N+](=O)[O-])c3C)CC2)c(C)n1. The highest BCUT2D eigenvalue weighted by Gasteiger charge is 2.36. The molecule has 0 spiro atoms. The summed E-state index contributed by atoms with van der Waals surface area (Å²) in [5, 5.41) is 30.3. The summed E-state index contributed by atoms with van der Waals surface area (Å²) in [5.41, 5.74) is 1.46. The van der Waals surface area contributed by atoms with Crippen molar-refractivity contribution in [2.45, 2.75) is 40.4 Å². The van der Waals surface area contributed by atoms with Crippen molar-refractivity contribution in [3.63, 3.8) is 0 Å². The van der Waals surface area contributed by atoms with Gasteiger partial charge in [-0.2, -0.15) is 9.78 Å². The first kappa shape index (κ1) is 21.4. The summed E-state index contributed by atoms with van der Waals surface area (Å²) in [7, 11) is 0. The Labute approximate surface area is 172 Å². The smallest absolute Gasteiger partial charge is 0.358 e. The molecule has 0 saturated carbocycles. The third kappa shape index (κ3) is 4.30. The zero-order valence-corrected chi connectivity index (χ0v) is 17.1. The first-order valence-electron chi connectivity index (χ1n) is 9.60. The van der Waals surface area contributed by atoms with E-state index in [0.29, 0.717) is 26.2 Å². The first-order chi connectivity index (χ1) is 14.2. The molecule has 0 unspecified atom stereocenters. The van der Waals surface area contributed by atoms with Crippen molar-refractivity contribution in [3.05, 3.63) is 43.4 Å². The van der Waals surface area contributed by atoms with Crippen LogP contribution in [0.15, 0.2) is 6.20 Å². The van der Waals surface area contributed by atoms with E-state index in [1.165, 1.54) is 6.92 Å². The number of nitrogens with zero attached hydrogens (tertiary/aromatic N) is 8. The van der Waals surface area contributed by atoms with Crippen LogP contribution in [0.1, 0.15) is 23.9 Å². The van der Waals surface area contributed by atoms with Gasteiger partial charge < -0.3 is 15.0 Å². The molecule has 13 nitrogen and oxygen atoms in total. The molecule has 0 bridgehead atoms. The molecule has 30 heavy (non-hydrogen) atoms. The van der Waals surface area contributed by atoms with Crippen LogP contribution in [0, 0.1) is 34.1 Å². The lowest BCUT2D eigenvalue weighted by atomic mass is 10.2. The predicted octanol–water partition coefficient (Wildman–Crippen LogP) is 0.877. The summed E-state index contributed by atoms with van der Waals surface area (Å²) in [5.74, 6) is -1.13. The molecule has 3 heterocycles. The number of amides is 1. The molecule has 13 heteroatoms. The average molecular weight is 420 g/mol. The van der Waals surface area contributed by atoms with Crippen molar-refractivity contribution >= 4 is 17.4 Å². The van der Waals surface area contributed by atoms with Gasteiger partial charge in [-0.3, -0.25) is 24.5 Å². The molecule has 2 aromatic rings. The second-order valence-corrected chi connectivity index (χ2v) is 7.18. The van der Waals surface area contributed by atoms with Gasteiger partial charge in [0.2, 0.25) is 5.91 Å². The summed E-state index contributed by atoms with van der Waals surface area (Å²) >= 11 is 0. The number of carbonyl (C=O) groups excluding carboxylic acids is 1. The number of carbonyl (C=O) groups is 1. The number of hydrogen-bond acceptors (Lipinski definition) is 8. The second-order valence-electron chi connectivity index (χ2n) is 7.18. The van der Waals surface area contributed by atoms with Gasteiger partial charge in [-0.15, -0.1) is 0 Å². The van der Waals surface area contributed by atoms with E-state index < -0.39 is 21.4 Å². The van der Waals surface area contributed by atoms with E-state index in [-0.39, 0.29) is 18.1 Å². The van der Waals surface area contributed by atoms with E-state index in [2.05, 4.69) is 15.1 Å². The number of nitro groups is 2. The molecule has 0 aromatic carbocycles. The van der Waals surface area contributed by atoms with Crippen molar-refractivity contribution in [1.82, 2.24) is 29.4 Å². The quantitative estimate of drug-likeness (QED) is 0.474. The normalized spacial score (nSPS) is 14.8. The third-order valence-electron chi connectivity index (χ3n) is 5.29. The lowest BCUT2D eigenvalue weighted by Gasteiger charge is -2.34. The molecule has 2 aromatic heterocycles. The van der Waals surface area contributed by atoms with Gasteiger partial charge in [-0.1, -0.05) is 0 Å².